The molecule has 5 nitrogen and oxygen atoms in total. The minimum Gasteiger partial charge on any atom is -0.361 e. The van der Waals surface area contributed by atoms with Crippen molar-refractivity contribution in [1.82, 2.24) is 10.1 Å². The summed E-state index contributed by atoms with van der Waals surface area (Å²) in [6.07, 6.45) is 0. The summed E-state index contributed by atoms with van der Waals surface area (Å²) >= 11 is 1.40. The summed E-state index contributed by atoms with van der Waals surface area (Å²) in [5.41, 5.74) is 5.36. The number of aromatic nitrogens is 2. The van der Waals surface area contributed by atoms with Gasteiger partial charge in [0.1, 0.15) is 11.3 Å². The largest absolute Gasteiger partial charge is 0.361 e. The zero-order valence-electron chi connectivity index (χ0n) is 13.4. The molecule has 0 radical (unpaired) electrons. The number of hydrogen-bond donors (Lipinski definition) is 1. The van der Waals surface area contributed by atoms with E-state index < -0.39 is 0 Å². The van der Waals surface area contributed by atoms with Crippen molar-refractivity contribution in [3.63, 3.8) is 0 Å². The molecular formula is C17H17N3O2S. The lowest BCUT2D eigenvalue weighted by molar-refractivity contribution is 0.102. The lowest BCUT2D eigenvalue weighted by Gasteiger charge is -2.04. The quantitative estimate of drug-likeness (QED) is 0.779. The van der Waals surface area contributed by atoms with Gasteiger partial charge in [-0.15, -0.1) is 11.3 Å². The topological polar surface area (TPSA) is 68.0 Å². The second-order valence-electron chi connectivity index (χ2n) is 5.51. The van der Waals surface area contributed by atoms with Crippen LogP contribution in [-0.2, 0) is 0 Å². The molecule has 0 spiro atoms. The molecule has 0 aliphatic heterocycles. The Kier molecular flexibility index (Phi) is 4.00. The molecule has 0 atom stereocenters. The number of rotatable bonds is 3. The van der Waals surface area contributed by atoms with E-state index in [0.29, 0.717) is 22.1 Å². The Morgan fingerprint density at radius 1 is 1.22 bits per heavy atom. The smallest absolute Gasteiger partial charge is 0.262 e. The van der Waals surface area contributed by atoms with Gasteiger partial charge in [0, 0.05) is 10.9 Å². The first kappa shape index (κ1) is 15.4. The number of amides is 1. The second-order valence-corrected chi connectivity index (χ2v) is 6.37. The third-order valence-corrected chi connectivity index (χ3v) is 4.40. The SMILES string of the molecule is Cc1ccc(-c2csc(NC(=O)c3c(C)noc3C)n2)c(C)c1. The van der Waals surface area contributed by atoms with E-state index in [1.165, 1.54) is 22.5 Å². The van der Waals surface area contributed by atoms with Crippen molar-refractivity contribution < 1.29 is 9.32 Å². The van der Waals surface area contributed by atoms with E-state index in [4.69, 9.17) is 4.52 Å². The van der Waals surface area contributed by atoms with E-state index in [2.05, 4.69) is 47.5 Å². The first-order chi connectivity index (χ1) is 11.0. The second kappa shape index (κ2) is 5.96. The summed E-state index contributed by atoms with van der Waals surface area (Å²) in [4.78, 5) is 16.8. The van der Waals surface area contributed by atoms with Crippen molar-refractivity contribution in [1.29, 1.82) is 0 Å². The minimum atomic E-state index is -0.247. The van der Waals surface area contributed by atoms with Gasteiger partial charge in [-0.1, -0.05) is 28.9 Å². The van der Waals surface area contributed by atoms with Gasteiger partial charge in [-0.3, -0.25) is 10.1 Å². The molecule has 118 valence electrons. The van der Waals surface area contributed by atoms with Gasteiger partial charge in [0.15, 0.2) is 5.13 Å². The minimum absolute atomic E-state index is 0.247. The predicted octanol–water partition coefficient (Wildman–Crippen LogP) is 4.28. The average molecular weight is 327 g/mol. The van der Waals surface area contributed by atoms with Gasteiger partial charge in [0.05, 0.1) is 11.4 Å². The Balaban J connectivity index is 1.84. The van der Waals surface area contributed by atoms with E-state index in [0.717, 1.165) is 11.3 Å². The molecule has 1 N–H and O–H groups in total. The van der Waals surface area contributed by atoms with Crippen LogP contribution in [-0.4, -0.2) is 16.0 Å². The van der Waals surface area contributed by atoms with Gasteiger partial charge >= 0.3 is 0 Å². The van der Waals surface area contributed by atoms with Crippen LogP contribution in [0.25, 0.3) is 11.3 Å². The van der Waals surface area contributed by atoms with Crippen molar-refractivity contribution in [2.45, 2.75) is 27.7 Å². The Morgan fingerprint density at radius 3 is 2.65 bits per heavy atom. The lowest BCUT2D eigenvalue weighted by Crippen LogP contribution is -2.13. The van der Waals surface area contributed by atoms with Crippen molar-refractivity contribution in [3.8, 4) is 11.3 Å². The molecule has 0 bridgehead atoms. The molecule has 3 rings (SSSR count). The number of thiazole rings is 1. The van der Waals surface area contributed by atoms with Gasteiger partial charge in [-0.25, -0.2) is 4.98 Å². The molecule has 0 aliphatic rings. The number of nitrogens with zero attached hydrogens (tertiary/aromatic N) is 2. The molecule has 6 heteroatoms. The van der Waals surface area contributed by atoms with Crippen LogP contribution in [0.2, 0.25) is 0 Å². The Hall–Kier alpha value is -2.47. The lowest BCUT2D eigenvalue weighted by atomic mass is 10.0. The van der Waals surface area contributed by atoms with E-state index in [1.807, 2.05) is 5.38 Å². The van der Waals surface area contributed by atoms with Gasteiger partial charge < -0.3 is 4.52 Å². The van der Waals surface area contributed by atoms with Crippen LogP contribution in [0.3, 0.4) is 0 Å². The molecule has 2 aromatic heterocycles. The van der Waals surface area contributed by atoms with Crippen molar-refractivity contribution >= 4 is 22.4 Å². The van der Waals surface area contributed by atoms with Crippen molar-refractivity contribution in [2.24, 2.45) is 0 Å². The van der Waals surface area contributed by atoms with E-state index in [-0.39, 0.29) is 5.91 Å². The highest BCUT2D eigenvalue weighted by Crippen LogP contribution is 2.28. The maximum atomic E-state index is 12.3. The molecule has 0 saturated carbocycles. The molecule has 2 heterocycles. The summed E-state index contributed by atoms with van der Waals surface area (Å²) in [7, 11) is 0. The molecule has 0 saturated heterocycles. The molecule has 23 heavy (non-hydrogen) atoms. The fourth-order valence-corrected chi connectivity index (χ4v) is 3.23. The summed E-state index contributed by atoms with van der Waals surface area (Å²) in [5.74, 6) is 0.258. The van der Waals surface area contributed by atoms with Gasteiger partial charge in [-0.2, -0.15) is 0 Å². The van der Waals surface area contributed by atoms with Crippen LogP contribution in [0.5, 0.6) is 0 Å². The van der Waals surface area contributed by atoms with E-state index in [9.17, 15) is 4.79 Å². The monoisotopic (exact) mass is 327 g/mol. The first-order valence-corrected chi connectivity index (χ1v) is 8.11. The van der Waals surface area contributed by atoms with Gasteiger partial charge in [-0.05, 0) is 33.3 Å². The third-order valence-electron chi connectivity index (χ3n) is 3.64. The fraction of sp³-hybridized carbons (Fsp3) is 0.235. The molecular weight excluding hydrogens is 310 g/mol. The van der Waals surface area contributed by atoms with Crippen LogP contribution in [0, 0.1) is 27.7 Å². The summed E-state index contributed by atoms with van der Waals surface area (Å²) in [6, 6.07) is 6.24. The summed E-state index contributed by atoms with van der Waals surface area (Å²) in [5, 5.41) is 9.12. The highest BCUT2D eigenvalue weighted by molar-refractivity contribution is 7.14. The maximum Gasteiger partial charge on any atom is 0.262 e. The molecule has 3 aromatic rings. The van der Waals surface area contributed by atoms with Crippen molar-refractivity contribution in [3.05, 3.63) is 51.7 Å². The van der Waals surface area contributed by atoms with Crippen LogP contribution in [0.4, 0.5) is 5.13 Å². The molecule has 1 amide bonds. The number of anilines is 1. The molecule has 1 aromatic carbocycles. The number of aryl methyl sites for hydroxylation is 4. The number of nitrogens with one attached hydrogen (secondary N) is 1. The maximum absolute atomic E-state index is 12.3. The Morgan fingerprint density at radius 2 is 2.00 bits per heavy atom. The fourth-order valence-electron chi connectivity index (χ4n) is 2.52. The third kappa shape index (κ3) is 3.03. The highest BCUT2D eigenvalue weighted by atomic mass is 32.1. The zero-order chi connectivity index (χ0) is 16.6. The normalized spacial score (nSPS) is 10.8. The van der Waals surface area contributed by atoms with E-state index >= 15 is 0 Å². The first-order valence-electron chi connectivity index (χ1n) is 7.23. The summed E-state index contributed by atoms with van der Waals surface area (Å²) < 4.78 is 5.03. The average Bonchev–Trinajstić information content (AvgIpc) is 3.06. The van der Waals surface area contributed by atoms with E-state index in [1.54, 1.807) is 13.8 Å². The zero-order valence-corrected chi connectivity index (χ0v) is 14.2. The Bertz CT molecular complexity index is 860. The van der Waals surface area contributed by atoms with Gasteiger partial charge in [0.2, 0.25) is 0 Å². The van der Waals surface area contributed by atoms with Crippen LogP contribution in [0.15, 0.2) is 28.1 Å². The van der Waals surface area contributed by atoms with Gasteiger partial charge in [0.25, 0.3) is 5.91 Å². The van der Waals surface area contributed by atoms with Crippen LogP contribution >= 0.6 is 11.3 Å². The summed E-state index contributed by atoms with van der Waals surface area (Å²) in [6.45, 7) is 7.59. The standard InChI is InChI=1S/C17H17N3O2S/c1-9-5-6-13(10(2)7-9)14-8-23-17(18-14)19-16(21)15-11(3)20-22-12(15)4/h5-8H,1-4H3,(H,18,19,21). The van der Waals surface area contributed by atoms with Crippen molar-refractivity contribution in [2.75, 3.05) is 5.32 Å². The molecule has 0 unspecified atom stereocenters. The predicted molar refractivity (Wildman–Crippen MR) is 91.0 cm³/mol. The Labute approximate surface area is 138 Å². The molecule has 0 fully saturated rings. The van der Waals surface area contributed by atoms with Crippen LogP contribution < -0.4 is 5.32 Å². The number of carbonyl (C=O) groups excluding carboxylic acids is 1. The number of benzene rings is 1. The number of hydrogen-bond acceptors (Lipinski definition) is 5. The molecule has 0 aliphatic carbocycles. The number of carbonyl (C=O) groups is 1. The van der Waals surface area contributed by atoms with Crippen LogP contribution in [0.1, 0.15) is 32.9 Å². The highest BCUT2D eigenvalue weighted by Gasteiger charge is 2.19.